The molecule has 0 fully saturated rings. The Labute approximate surface area is 368 Å². The molecule has 0 aliphatic heterocycles. The lowest BCUT2D eigenvalue weighted by Crippen LogP contribution is -2.03. The minimum Gasteiger partial charge on any atom is -0.309 e. The van der Waals surface area contributed by atoms with Crippen LogP contribution in [0.4, 0.5) is 0 Å². The fourth-order valence-corrected chi connectivity index (χ4v) is 10.7. The topological polar surface area (TPSA) is 35.6 Å². The van der Waals surface area contributed by atoms with Gasteiger partial charge in [-0.1, -0.05) is 158 Å². The summed E-state index contributed by atoms with van der Waals surface area (Å²) in [4.78, 5) is 10.8. The molecule has 0 unspecified atom stereocenters. The summed E-state index contributed by atoms with van der Waals surface area (Å²) in [5, 5.41) is 8.41. The third-order valence-corrected chi connectivity index (χ3v) is 13.5. The van der Waals surface area contributed by atoms with E-state index in [1.165, 1.54) is 66.0 Å². The Bertz CT molecular complexity index is 4050. The van der Waals surface area contributed by atoms with Crippen molar-refractivity contribution in [1.82, 2.24) is 19.1 Å². The van der Waals surface area contributed by atoms with Crippen molar-refractivity contribution < 1.29 is 0 Å². The van der Waals surface area contributed by atoms with Gasteiger partial charge in [0.05, 0.1) is 33.3 Å². The van der Waals surface area contributed by atoms with Crippen LogP contribution in [-0.4, -0.2) is 19.1 Å². The van der Waals surface area contributed by atoms with Crippen molar-refractivity contribution in [3.05, 3.63) is 218 Å². The van der Waals surface area contributed by atoms with Crippen LogP contribution < -0.4 is 0 Å². The van der Waals surface area contributed by atoms with E-state index in [1.807, 2.05) is 0 Å². The summed E-state index contributed by atoms with van der Waals surface area (Å²) in [6, 6.07) is 79.0. The van der Waals surface area contributed by atoms with Gasteiger partial charge >= 0.3 is 0 Å². The van der Waals surface area contributed by atoms with E-state index in [0.717, 1.165) is 60.8 Å². The van der Waals surface area contributed by atoms with E-state index in [-0.39, 0.29) is 0 Å². The number of fused-ring (bicyclic) bond motifs is 10. The lowest BCUT2D eigenvalue weighted by atomic mass is 9.93. The number of rotatable bonds is 5. The van der Waals surface area contributed by atoms with Crippen LogP contribution in [-0.2, 0) is 0 Å². The molecule has 3 heterocycles. The van der Waals surface area contributed by atoms with Crippen LogP contribution in [0.1, 0.15) is 0 Å². The zero-order valence-corrected chi connectivity index (χ0v) is 34.6. The highest BCUT2D eigenvalue weighted by Gasteiger charge is 2.23. The van der Waals surface area contributed by atoms with E-state index in [2.05, 4.69) is 228 Å². The lowest BCUT2D eigenvalue weighted by Gasteiger charge is -2.14. The minimum atomic E-state index is 0.649. The van der Waals surface area contributed by atoms with E-state index in [9.17, 15) is 0 Å². The molecule has 10 aromatic carbocycles. The van der Waals surface area contributed by atoms with Crippen LogP contribution in [0.15, 0.2) is 218 Å². The van der Waals surface area contributed by atoms with Crippen LogP contribution in [0, 0.1) is 0 Å². The first-order valence-corrected chi connectivity index (χ1v) is 21.9. The molecule has 0 atom stereocenters. The summed E-state index contributed by atoms with van der Waals surface area (Å²) in [6.07, 6.45) is 0. The molecule has 1 aliphatic rings. The fourth-order valence-electron chi connectivity index (χ4n) is 10.7. The number of hydrogen-bond donors (Lipinski definition) is 0. The highest BCUT2D eigenvalue weighted by Crippen LogP contribution is 2.49. The fraction of sp³-hybridized carbons (Fsp3) is 0. The largest absolute Gasteiger partial charge is 0.309 e. The van der Waals surface area contributed by atoms with Gasteiger partial charge in [-0.25, -0.2) is 9.97 Å². The summed E-state index contributed by atoms with van der Waals surface area (Å²) < 4.78 is 4.61. The van der Waals surface area contributed by atoms with Gasteiger partial charge in [0.2, 0.25) is 5.95 Å². The Morgan fingerprint density at radius 2 is 0.812 bits per heavy atom. The second-order valence-electron chi connectivity index (χ2n) is 16.9. The van der Waals surface area contributed by atoms with E-state index in [0.29, 0.717) is 5.95 Å². The smallest absolute Gasteiger partial charge is 0.235 e. The number of benzene rings is 10. The average molecular weight is 813 g/mol. The summed E-state index contributed by atoms with van der Waals surface area (Å²) >= 11 is 0. The van der Waals surface area contributed by atoms with Gasteiger partial charge < -0.3 is 4.57 Å². The van der Waals surface area contributed by atoms with Gasteiger partial charge in [0.1, 0.15) is 0 Å². The molecule has 0 N–H and O–H groups in total. The standard InChI is InChI=1S/C60H36N4/c1-2-16-41(17-3-1)63-54-26-10-7-20-45(54)51-35-37(28-32-56(51)63)38-29-33-57-52(36-38)46-21-8-11-27-55(46)64(57)60-61-53-25-9-6-22-50(53)59(62-60)40-15-12-14-39(34-40)42-30-31-49-44-19-5-4-18-43(44)48-24-13-23-47(42)58(48)49/h1-36H. The Hall–Kier alpha value is -8.60. The van der Waals surface area contributed by atoms with E-state index < -0.39 is 0 Å². The number of hydrogen-bond acceptors (Lipinski definition) is 2. The summed E-state index contributed by atoms with van der Waals surface area (Å²) in [7, 11) is 0. The third kappa shape index (κ3) is 5.05. The Morgan fingerprint density at radius 1 is 0.281 bits per heavy atom. The molecule has 14 rings (SSSR count). The maximum Gasteiger partial charge on any atom is 0.235 e. The molecule has 0 spiro atoms. The van der Waals surface area contributed by atoms with Gasteiger partial charge in [-0.15, -0.1) is 0 Å². The molecule has 4 nitrogen and oxygen atoms in total. The van der Waals surface area contributed by atoms with Gasteiger partial charge in [-0.05, 0) is 116 Å². The van der Waals surface area contributed by atoms with Crippen molar-refractivity contribution in [3.63, 3.8) is 0 Å². The van der Waals surface area contributed by atoms with E-state index in [1.54, 1.807) is 0 Å². The summed E-state index contributed by atoms with van der Waals surface area (Å²) in [6.45, 7) is 0. The molecule has 0 radical (unpaired) electrons. The van der Waals surface area contributed by atoms with E-state index >= 15 is 0 Å². The second kappa shape index (κ2) is 13.4. The zero-order chi connectivity index (χ0) is 41.9. The Morgan fingerprint density at radius 3 is 1.56 bits per heavy atom. The molecular weight excluding hydrogens is 777 g/mol. The maximum absolute atomic E-state index is 5.50. The zero-order valence-electron chi connectivity index (χ0n) is 34.6. The first-order valence-electron chi connectivity index (χ1n) is 21.9. The molecule has 64 heavy (non-hydrogen) atoms. The van der Waals surface area contributed by atoms with Gasteiger partial charge in [-0.3, -0.25) is 4.57 Å². The molecule has 0 saturated heterocycles. The van der Waals surface area contributed by atoms with Gasteiger partial charge in [0.25, 0.3) is 0 Å². The molecule has 296 valence electrons. The molecular formula is C60H36N4. The first kappa shape index (κ1) is 35.0. The monoisotopic (exact) mass is 812 g/mol. The number of aromatic nitrogens is 4. The maximum atomic E-state index is 5.50. The normalized spacial score (nSPS) is 12.1. The second-order valence-corrected chi connectivity index (χ2v) is 16.9. The third-order valence-electron chi connectivity index (χ3n) is 13.5. The average Bonchev–Trinajstić information content (AvgIpc) is 4.00. The molecule has 3 aromatic heterocycles. The van der Waals surface area contributed by atoms with Crippen LogP contribution in [0.2, 0.25) is 0 Å². The molecule has 0 bridgehead atoms. The SMILES string of the molecule is c1ccc(-n2c3ccccc3c3cc(-c4ccc5c(c4)c4ccccc4n5-c4nc(-c5cccc(-c6ccc7c8c(cccc68)-c6ccccc6-7)c5)c5ccccc5n4)ccc32)cc1. The van der Waals surface area contributed by atoms with Gasteiger partial charge in [-0.2, -0.15) is 0 Å². The van der Waals surface area contributed by atoms with Crippen molar-refractivity contribution in [1.29, 1.82) is 0 Å². The van der Waals surface area contributed by atoms with E-state index in [4.69, 9.17) is 9.97 Å². The van der Waals surface area contributed by atoms with Gasteiger partial charge in [0.15, 0.2) is 0 Å². The molecule has 4 heteroatoms. The van der Waals surface area contributed by atoms with Crippen LogP contribution in [0.3, 0.4) is 0 Å². The minimum absolute atomic E-state index is 0.649. The van der Waals surface area contributed by atoms with Crippen molar-refractivity contribution in [3.8, 4) is 67.4 Å². The van der Waals surface area contributed by atoms with Crippen molar-refractivity contribution in [2.75, 3.05) is 0 Å². The molecule has 1 aliphatic carbocycles. The van der Waals surface area contributed by atoms with Crippen LogP contribution >= 0.6 is 0 Å². The summed E-state index contributed by atoms with van der Waals surface area (Å²) in [5.74, 6) is 0.649. The predicted octanol–water partition coefficient (Wildman–Crippen LogP) is 15.6. The Balaban J connectivity index is 0.919. The van der Waals surface area contributed by atoms with Gasteiger partial charge in [0, 0.05) is 38.2 Å². The molecule has 0 amide bonds. The summed E-state index contributed by atoms with van der Waals surface area (Å²) in [5.41, 5.74) is 18.5. The first-order chi connectivity index (χ1) is 31.7. The van der Waals surface area contributed by atoms with Crippen molar-refractivity contribution in [2.24, 2.45) is 0 Å². The highest BCUT2D eigenvalue weighted by atomic mass is 15.2. The molecule has 0 saturated carbocycles. The quantitative estimate of drug-likeness (QED) is 0.174. The lowest BCUT2D eigenvalue weighted by molar-refractivity contribution is 1.01. The Kier molecular flexibility index (Phi) is 7.36. The highest BCUT2D eigenvalue weighted by molar-refractivity contribution is 6.19. The molecule has 13 aromatic rings. The van der Waals surface area contributed by atoms with Crippen molar-refractivity contribution >= 4 is 65.3 Å². The number of nitrogens with zero attached hydrogens (tertiary/aromatic N) is 4. The predicted molar refractivity (Wildman–Crippen MR) is 266 cm³/mol. The van der Waals surface area contributed by atoms with Crippen LogP contribution in [0.5, 0.6) is 0 Å². The number of para-hydroxylation sites is 4. The van der Waals surface area contributed by atoms with Crippen molar-refractivity contribution in [2.45, 2.75) is 0 Å². The van der Waals surface area contributed by atoms with Crippen LogP contribution in [0.25, 0.3) is 133 Å².